The van der Waals surface area contributed by atoms with Gasteiger partial charge in [0.1, 0.15) is 0 Å². The number of hydrogen-bond donors (Lipinski definition) is 0. The van der Waals surface area contributed by atoms with Crippen molar-refractivity contribution in [1.82, 2.24) is 0 Å². The predicted octanol–water partition coefficient (Wildman–Crippen LogP) is -0.122. The van der Waals surface area contributed by atoms with E-state index in [1.165, 1.54) is 11.8 Å². The van der Waals surface area contributed by atoms with E-state index in [-0.39, 0.29) is 5.25 Å². The van der Waals surface area contributed by atoms with E-state index >= 15 is 0 Å². The van der Waals surface area contributed by atoms with Crippen LogP contribution in [-0.4, -0.2) is 17.0 Å². The Hall–Kier alpha value is -0.180. The van der Waals surface area contributed by atoms with Crippen LogP contribution in [-0.2, 0) is 4.79 Å². The van der Waals surface area contributed by atoms with Crippen LogP contribution in [0.5, 0.6) is 0 Å². The number of rotatable bonds is 3. The highest BCUT2D eigenvalue weighted by molar-refractivity contribution is 8.00. The van der Waals surface area contributed by atoms with Crippen LogP contribution in [0.1, 0.15) is 13.8 Å². The molecule has 0 fully saturated rings. The lowest BCUT2D eigenvalue weighted by atomic mass is 10.5. The molecule has 0 saturated heterocycles. The van der Waals surface area contributed by atoms with Crippen LogP contribution in [0.2, 0.25) is 0 Å². The summed E-state index contributed by atoms with van der Waals surface area (Å²) < 4.78 is 0. The van der Waals surface area contributed by atoms with E-state index in [2.05, 4.69) is 0 Å². The molecule has 0 aliphatic rings. The number of carboxylic acid groups (broad SMARTS) is 1. The maximum absolute atomic E-state index is 9.96. The van der Waals surface area contributed by atoms with Crippen LogP contribution in [0.25, 0.3) is 0 Å². The van der Waals surface area contributed by atoms with E-state index < -0.39 is 5.97 Å². The molecule has 0 N–H and O–H groups in total. The minimum Gasteiger partial charge on any atom is -0.549 e. The second-order valence-corrected chi connectivity index (χ2v) is 3.03. The van der Waals surface area contributed by atoms with Gasteiger partial charge in [-0.15, -0.1) is 0 Å². The Balaban J connectivity index is 3.32. The number of carboxylic acids is 1. The molecule has 1 atom stereocenters. The van der Waals surface area contributed by atoms with Crippen LogP contribution in [0.4, 0.5) is 0 Å². The first-order chi connectivity index (χ1) is 3.68. The summed E-state index contributed by atoms with van der Waals surface area (Å²) in [6, 6.07) is 0. The van der Waals surface area contributed by atoms with E-state index in [9.17, 15) is 9.90 Å². The van der Waals surface area contributed by atoms with Crippen molar-refractivity contribution in [2.75, 3.05) is 5.75 Å². The molecule has 0 aliphatic heterocycles. The average molecular weight is 133 g/mol. The molecule has 1 unspecified atom stereocenters. The van der Waals surface area contributed by atoms with E-state index in [4.69, 9.17) is 0 Å². The first-order valence-electron chi connectivity index (χ1n) is 2.51. The van der Waals surface area contributed by atoms with Gasteiger partial charge in [-0.25, -0.2) is 0 Å². The van der Waals surface area contributed by atoms with Crippen molar-refractivity contribution in [3.63, 3.8) is 0 Å². The monoisotopic (exact) mass is 133 g/mol. The Kier molecular flexibility index (Phi) is 3.69. The summed E-state index contributed by atoms with van der Waals surface area (Å²) in [4.78, 5) is 9.96. The minimum atomic E-state index is -0.975. The molecule has 0 amide bonds. The highest BCUT2D eigenvalue weighted by atomic mass is 32.2. The Bertz CT molecular complexity index is 82.5. The van der Waals surface area contributed by atoms with Gasteiger partial charge in [0.2, 0.25) is 0 Å². The van der Waals surface area contributed by atoms with Gasteiger partial charge in [0.05, 0.1) is 5.97 Å². The molecule has 8 heavy (non-hydrogen) atoms. The number of carbonyl (C=O) groups excluding carboxylic acids is 1. The van der Waals surface area contributed by atoms with E-state index in [0.29, 0.717) is 0 Å². The van der Waals surface area contributed by atoms with Gasteiger partial charge in [-0.2, -0.15) is 11.8 Å². The van der Waals surface area contributed by atoms with Gasteiger partial charge in [-0.1, -0.05) is 6.92 Å². The molecule has 0 aromatic heterocycles. The van der Waals surface area contributed by atoms with E-state index in [1.54, 1.807) is 6.92 Å². The number of thioether (sulfide) groups is 1. The predicted molar refractivity (Wildman–Crippen MR) is 32.6 cm³/mol. The molecule has 0 bridgehead atoms. The number of carbonyl (C=O) groups is 1. The lowest BCUT2D eigenvalue weighted by Crippen LogP contribution is -2.31. The lowest BCUT2D eigenvalue weighted by Gasteiger charge is -2.08. The summed E-state index contributed by atoms with van der Waals surface area (Å²) >= 11 is 1.38. The minimum absolute atomic E-state index is 0.361. The van der Waals surface area contributed by atoms with Gasteiger partial charge in [0.15, 0.2) is 0 Å². The lowest BCUT2D eigenvalue weighted by molar-refractivity contribution is -0.304. The molecule has 0 aliphatic carbocycles. The zero-order valence-electron chi connectivity index (χ0n) is 5.01. The van der Waals surface area contributed by atoms with E-state index in [0.717, 1.165) is 5.75 Å². The quantitative estimate of drug-likeness (QED) is 0.538. The molecule has 0 rings (SSSR count). The van der Waals surface area contributed by atoms with Crippen molar-refractivity contribution in [2.24, 2.45) is 0 Å². The largest absolute Gasteiger partial charge is 0.549 e. The van der Waals surface area contributed by atoms with Crippen LogP contribution < -0.4 is 5.11 Å². The first-order valence-corrected chi connectivity index (χ1v) is 3.55. The highest BCUT2D eigenvalue weighted by Gasteiger charge is 1.98. The Labute approximate surface area is 53.3 Å². The molecule has 2 nitrogen and oxygen atoms in total. The van der Waals surface area contributed by atoms with Crippen molar-refractivity contribution in [3.05, 3.63) is 0 Å². The van der Waals surface area contributed by atoms with Crippen LogP contribution in [0.3, 0.4) is 0 Å². The standard InChI is InChI=1S/C5H10O2S/c1-3-8-4(2)5(6)7/h4H,3H2,1-2H3,(H,6,7)/p-1. The number of aliphatic carboxylic acids is 1. The number of hydrogen-bond acceptors (Lipinski definition) is 3. The van der Waals surface area contributed by atoms with Gasteiger partial charge in [-0.05, 0) is 12.7 Å². The molecule has 0 spiro atoms. The van der Waals surface area contributed by atoms with Gasteiger partial charge in [0.25, 0.3) is 0 Å². The molecule has 0 heterocycles. The Morgan fingerprint density at radius 3 is 2.50 bits per heavy atom. The maximum atomic E-state index is 9.96. The topological polar surface area (TPSA) is 40.1 Å². The summed E-state index contributed by atoms with van der Waals surface area (Å²) in [5.41, 5.74) is 0. The third kappa shape index (κ3) is 2.91. The van der Waals surface area contributed by atoms with Crippen molar-refractivity contribution in [2.45, 2.75) is 19.1 Å². The van der Waals surface area contributed by atoms with Gasteiger partial charge < -0.3 is 9.90 Å². The van der Waals surface area contributed by atoms with Crippen molar-refractivity contribution in [3.8, 4) is 0 Å². The van der Waals surface area contributed by atoms with Crippen molar-refractivity contribution >= 4 is 17.7 Å². The third-order valence-electron chi connectivity index (χ3n) is 0.749. The summed E-state index contributed by atoms with van der Waals surface area (Å²) in [6.45, 7) is 3.55. The molecular weight excluding hydrogens is 124 g/mol. The van der Waals surface area contributed by atoms with E-state index in [1.807, 2.05) is 6.92 Å². The zero-order valence-corrected chi connectivity index (χ0v) is 5.83. The first kappa shape index (κ1) is 7.82. The van der Waals surface area contributed by atoms with Gasteiger partial charge in [0, 0.05) is 5.25 Å². The zero-order chi connectivity index (χ0) is 6.57. The fraction of sp³-hybridized carbons (Fsp3) is 0.800. The molecule has 0 radical (unpaired) electrons. The normalized spacial score (nSPS) is 13.2. The van der Waals surface area contributed by atoms with Crippen molar-refractivity contribution < 1.29 is 9.90 Å². The summed E-state index contributed by atoms with van der Waals surface area (Å²) in [7, 11) is 0. The van der Waals surface area contributed by atoms with Crippen LogP contribution in [0.15, 0.2) is 0 Å². The summed E-state index contributed by atoms with van der Waals surface area (Å²) in [5.74, 6) is -0.147. The Morgan fingerprint density at radius 1 is 1.88 bits per heavy atom. The molecule has 0 saturated carbocycles. The van der Waals surface area contributed by atoms with Gasteiger partial charge >= 0.3 is 0 Å². The fourth-order valence-corrected chi connectivity index (χ4v) is 0.954. The van der Waals surface area contributed by atoms with Gasteiger partial charge in [-0.3, -0.25) is 0 Å². The summed E-state index contributed by atoms with van der Waals surface area (Å²) in [6.07, 6.45) is 0. The molecular formula is C5H9O2S-. The van der Waals surface area contributed by atoms with Crippen LogP contribution in [0, 0.1) is 0 Å². The average Bonchev–Trinajstić information content (AvgIpc) is 1.67. The second kappa shape index (κ2) is 3.78. The molecule has 3 heteroatoms. The van der Waals surface area contributed by atoms with Crippen LogP contribution >= 0.6 is 11.8 Å². The second-order valence-electron chi connectivity index (χ2n) is 1.42. The fourth-order valence-electron chi connectivity index (χ4n) is 0.318. The maximum Gasteiger partial charge on any atom is 0.0541 e. The smallest absolute Gasteiger partial charge is 0.0541 e. The highest BCUT2D eigenvalue weighted by Crippen LogP contribution is 2.06. The Morgan fingerprint density at radius 2 is 2.38 bits per heavy atom. The molecule has 48 valence electrons. The SMILES string of the molecule is CCSC(C)C(=O)[O-]. The summed E-state index contributed by atoms with van der Waals surface area (Å²) in [5, 5.41) is 9.60. The third-order valence-corrected chi connectivity index (χ3v) is 1.77. The molecule has 0 aromatic rings. The molecule has 0 aromatic carbocycles. The van der Waals surface area contributed by atoms with Crippen molar-refractivity contribution in [1.29, 1.82) is 0 Å².